The van der Waals surface area contributed by atoms with Crippen LogP contribution in [0.15, 0.2) is 0 Å². The van der Waals surface area contributed by atoms with E-state index >= 15 is 0 Å². The van der Waals surface area contributed by atoms with Crippen molar-refractivity contribution in [3.63, 3.8) is 0 Å². The Hall–Kier alpha value is -1.15. The maximum atomic E-state index is 12.5. The molecule has 2 saturated heterocycles. The van der Waals surface area contributed by atoms with Gasteiger partial charge in [-0.05, 0) is 25.7 Å². The molecule has 2 rings (SSSR count). The summed E-state index contributed by atoms with van der Waals surface area (Å²) in [7, 11) is -3.28. The number of nitrogens with zero attached hydrogens (tertiary/aromatic N) is 2. The van der Waals surface area contributed by atoms with Crippen molar-refractivity contribution < 1.29 is 23.1 Å². The number of carbonyl (C=O) groups excluding carboxylic acids is 1. The molecule has 21 heavy (non-hydrogen) atoms. The number of carbonyl (C=O) groups is 2. The zero-order valence-electron chi connectivity index (χ0n) is 12.2. The summed E-state index contributed by atoms with van der Waals surface area (Å²) in [6.07, 6.45) is 3.77. The van der Waals surface area contributed by atoms with Gasteiger partial charge in [0.15, 0.2) is 0 Å². The van der Waals surface area contributed by atoms with Gasteiger partial charge in [0.2, 0.25) is 15.9 Å². The number of carboxylic acids is 1. The summed E-state index contributed by atoms with van der Waals surface area (Å²) in [4.78, 5) is 25.2. The van der Waals surface area contributed by atoms with Crippen molar-refractivity contribution in [2.45, 2.75) is 25.7 Å². The number of rotatable bonds is 3. The van der Waals surface area contributed by atoms with E-state index in [1.54, 1.807) is 4.90 Å². The average Bonchev–Trinajstić information content (AvgIpc) is 2.46. The van der Waals surface area contributed by atoms with E-state index in [2.05, 4.69) is 0 Å². The van der Waals surface area contributed by atoms with Crippen LogP contribution in [0.3, 0.4) is 0 Å². The normalized spacial score (nSPS) is 28.3. The van der Waals surface area contributed by atoms with E-state index in [-0.39, 0.29) is 24.9 Å². The summed E-state index contributed by atoms with van der Waals surface area (Å²) in [5, 5.41) is 9.07. The van der Waals surface area contributed by atoms with E-state index < -0.39 is 21.9 Å². The molecule has 0 aliphatic carbocycles. The van der Waals surface area contributed by atoms with Crippen molar-refractivity contribution >= 4 is 21.9 Å². The molecule has 7 nitrogen and oxygen atoms in total. The fourth-order valence-corrected chi connectivity index (χ4v) is 3.99. The Morgan fingerprint density at radius 1 is 1.05 bits per heavy atom. The standard InChI is InChI=1S/C13H22N2O5S/c1-21(19,20)15-7-3-4-10(9-15)12(16)14-6-2-5-11(8-14)13(17)18/h10-11H,2-9H2,1H3,(H,17,18)/t10?,11-/m1/s1. The second-order valence-electron chi connectivity index (χ2n) is 5.92. The van der Waals surface area contributed by atoms with E-state index in [1.165, 1.54) is 4.31 Å². The van der Waals surface area contributed by atoms with Crippen molar-refractivity contribution in [1.29, 1.82) is 0 Å². The predicted octanol–water partition coefficient (Wildman–Crippen LogP) is -0.0188. The third-order valence-electron chi connectivity index (χ3n) is 4.28. The topological polar surface area (TPSA) is 95.0 Å². The second kappa shape index (κ2) is 6.31. The van der Waals surface area contributed by atoms with Gasteiger partial charge in [-0.1, -0.05) is 0 Å². The molecule has 120 valence electrons. The quantitative estimate of drug-likeness (QED) is 0.789. The van der Waals surface area contributed by atoms with Crippen molar-refractivity contribution in [3.8, 4) is 0 Å². The number of amides is 1. The lowest BCUT2D eigenvalue weighted by Gasteiger charge is -2.36. The van der Waals surface area contributed by atoms with Crippen LogP contribution in [0.25, 0.3) is 0 Å². The lowest BCUT2D eigenvalue weighted by Crippen LogP contribution is -2.49. The van der Waals surface area contributed by atoms with Crippen LogP contribution in [0, 0.1) is 11.8 Å². The van der Waals surface area contributed by atoms with Crippen LogP contribution in [0.2, 0.25) is 0 Å². The molecule has 0 radical (unpaired) electrons. The first-order chi connectivity index (χ1) is 9.79. The summed E-state index contributed by atoms with van der Waals surface area (Å²) in [5.74, 6) is -1.82. The Morgan fingerprint density at radius 3 is 2.29 bits per heavy atom. The first kappa shape index (κ1) is 16.2. The van der Waals surface area contributed by atoms with Crippen LogP contribution < -0.4 is 0 Å². The smallest absolute Gasteiger partial charge is 0.308 e. The number of hydrogen-bond acceptors (Lipinski definition) is 4. The van der Waals surface area contributed by atoms with Crippen molar-refractivity contribution in [2.75, 3.05) is 32.4 Å². The molecule has 2 aliphatic rings. The highest BCUT2D eigenvalue weighted by Crippen LogP contribution is 2.24. The summed E-state index contributed by atoms with van der Waals surface area (Å²) >= 11 is 0. The Kier molecular flexibility index (Phi) is 4.88. The molecule has 1 amide bonds. The van der Waals surface area contributed by atoms with Crippen molar-refractivity contribution in [2.24, 2.45) is 11.8 Å². The molecule has 2 atom stereocenters. The average molecular weight is 318 g/mol. The molecular weight excluding hydrogens is 296 g/mol. The van der Waals surface area contributed by atoms with Crippen LogP contribution >= 0.6 is 0 Å². The third kappa shape index (κ3) is 3.94. The SMILES string of the molecule is CS(=O)(=O)N1CCCC(C(=O)N2CCC[C@@H](C(=O)O)C2)C1. The number of piperidine rings is 2. The summed E-state index contributed by atoms with van der Waals surface area (Å²) in [6, 6.07) is 0. The maximum absolute atomic E-state index is 12.5. The number of carboxylic acid groups (broad SMARTS) is 1. The molecule has 2 heterocycles. The van der Waals surface area contributed by atoms with E-state index in [0.29, 0.717) is 38.8 Å². The van der Waals surface area contributed by atoms with Crippen LogP contribution in [-0.4, -0.2) is 67.0 Å². The molecule has 2 fully saturated rings. The fraction of sp³-hybridized carbons (Fsp3) is 0.846. The minimum atomic E-state index is -3.28. The lowest BCUT2D eigenvalue weighted by molar-refractivity contribution is -0.147. The highest BCUT2D eigenvalue weighted by molar-refractivity contribution is 7.88. The Morgan fingerprint density at radius 2 is 1.67 bits per heavy atom. The molecule has 0 saturated carbocycles. The zero-order valence-corrected chi connectivity index (χ0v) is 13.0. The van der Waals surface area contributed by atoms with Gasteiger partial charge in [-0.2, -0.15) is 0 Å². The van der Waals surface area contributed by atoms with Gasteiger partial charge >= 0.3 is 5.97 Å². The van der Waals surface area contributed by atoms with E-state index in [0.717, 1.165) is 6.26 Å². The van der Waals surface area contributed by atoms with Gasteiger partial charge in [0.05, 0.1) is 18.1 Å². The van der Waals surface area contributed by atoms with E-state index in [4.69, 9.17) is 5.11 Å². The minimum absolute atomic E-state index is 0.102. The summed E-state index contributed by atoms with van der Waals surface area (Å²) in [6.45, 7) is 1.48. The highest BCUT2D eigenvalue weighted by Gasteiger charge is 2.35. The van der Waals surface area contributed by atoms with Gasteiger partial charge in [0.1, 0.15) is 0 Å². The van der Waals surface area contributed by atoms with Crippen LogP contribution in [-0.2, 0) is 19.6 Å². The van der Waals surface area contributed by atoms with Crippen LogP contribution in [0.1, 0.15) is 25.7 Å². The Balaban J connectivity index is 2.00. The summed E-state index contributed by atoms with van der Waals surface area (Å²) in [5.41, 5.74) is 0. The molecule has 0 bridgehead atoms. The van der Waals surface area contributed by atoms with Crippen LogP contribution in [0.4, 0.5) is 0 Å². The van der Waals surface area contributed by atoms with Gasteiger partial charge in [0.25, 0.3) is 0 Å². The fourth-order valence-electron chi connectivity index (χ4n) is 3.08. The van der Waals surface area contributed by atoms with Gasteiger partial charge in [0, 0.05) is 26.2 Å². The number of aliphatic carboxylic acids is 1. The van der Waals surface area contributed by atoms with Crippen LogP contribution in [0.5, 0.6) is 0 Å². The van der Waals surface area contributed by atoms with Crippen molar-refractivity contribution in [1.82, 2.24) is 9.21 Å². The molecule has 0 aromatic heterocycles. The molecule has 1 unspecified atom stereocenters. The Bertz CT molecular complexity index is 519. The molecule has 0 spiro atoms. The van der Waals surface area contributed by atoms with E-state index in [9.17, 15) is 18.0 Å². The number of sulfonamides is 1. The predicted molar refractivity (Wildman–Crippen MR) is 76.1 cm³/mol. The molecule has 2 aliphatic heterocycles. The first-order valence-electron chi connectivity index (χ1n) is 7.25. The molecule has 1 N–H and O–H groups in total. The third-order valence-corrected chi connectivity index (χ3v) is 5.55. The van der Waals surface area contributed by atoms with E-state index in [1.807, 2.05) is 0 Å². The Labute approximate surface area is 125 Å². The molecule has 0 aromatic carbocycles. The summed E-state index contributed by atoms with van der Waals surface area (Å²) < 4.78 is 24.5. The number of likely N-dealkylation sites (tertiary alicyclic amines) is 1. The zero-order chi connectivity index (χ0) is 15.6. The number of hydrogen-bond donors (Lipinski definition) is 1. The lowest BCUT2D eigenvalue weighted by atomic mass is 9.94. The second-order valence-corrected chi connectivity index (χ2v) is 7.90. The minimum Gasteiger partial charge on any atom is -0.481 e. The first-order valence-corrected chi connectivity index (χ1v) is 9.10. The molecule has 8 heteroatoms. The molecule has 0 aromatic rings. The largest absolute Gasteiger partial charge is 0.481 e. The van der Waals surface area contributed by atoms with Gasteiger partial charge in [-0.25, -0.2) is 12.7 Å². The van der Waals surface area contributed by atoms with Gasteiger partial charge in [-0.15, -0.1) is 0 Å². The van der Waals surface area contributed by atoms with Gasteiger partial charge < -0.3 is 10.0 Å². The van der Waals surface area contributed by atoms with Gasteiger partial charge in [-0.3, -0.25) is 9.59 Å². The monoisotopic (exact) mass is 318 g/mol. The maximum Gasteiger partial charge on any atom is 0.308 e. The molecular formula is C13H22N2O5S. The highest BCUT2D eigenvalue weighted by atomic mass is 32.2. The van der Waals surface area contributed by atoms with Crippen molar-refractivity contribution in [3.05, 3.63) is 0 Å².